The van der Waals surface area contributed by atoms with Crippen molar-refractivity contribution in [1.82, 2.24) is 4.98 Å². The summed E-state index contributed by atoms with van der Waals surface area (Å²) < 4.78 is 0. The van der Waals surface area contributed by atoms with E-state index in [0.717, 1.165) is 29.8 Å². The number of hydrogen-bond donors (Lipinski definition) is 2. The fraction of sp³-hybridized carbons (Fsp3) is 0.333. The second kappa shape index (κ2) is 5.63. The van der Waals surface area contributed by atoms with Gasteiger partial charge >= 0.3 is 6.03 Å². The average molecular weight is 287 g/mol. The molecule has 0 fully saturated rings. The lowest BCUT2D eigenvalue weighted by molar-refractivity contribution is 0.262. The Morgan fingerprint density at radius 3 is 2.80 bits per heavy atom. The smallest absolute Gasteiger partial charge is 0.307 e. The van der Waals surface area contributed by atoms with Gasteiger partial charge in [-0.05, 0) is 44.2 Å². The number of para-hydroxylation sites is 1. The highest BCUT2D eigenvalue weighted by Gasteiger charge is 2.16. The predicted octanol–water partition coefficient (Wildman–Crippen LogP) is 3.97. The van der Waals surface area contributed by atoms with E-state index in [1.54, 1.807) is 11.3 Å². The van der Waals surface area contributed by atoms with Gasteiger partial charge in [0.2, 0.25) is 0 Å². The number of anilines is 2. The molecule has 20 heavy (non-hydrogen) atoms. The van der Waals surface area contributed by atoms with Crippen LogP contribution in [0.2, 0.25) is 0 Å². The summed E-state index contributed by atoms with van der Waals surface area (Å²) >= 11 is 1.60. The Morgan fingerprint density at radius 1 is 1.20 bits per heavy atom. The van der Waals surface area contributed by atoms with Crippen LogP contribution in [0.3, 0.4) is 0 Å². The fourth-order valence-corrected chi connectivity index (χ4v) is 3.41. The van der Waals surface area contributed by atoms with Gasteiger partial charge in [-0.3, -0.25) is 5.32 Å². The van der Waals surface area contributed by atoms with Crippen LogP contribution in [0, 0.1) is 6.92 Å². The van der Waals surface area contributed by atoms with Gasteiger partial charge in [0.15, 0.2) is 5.13 Å². The summed E-state index contributed by atoms with van der Waals surface area (Å²) in [6.45, 7) is 1.97. The van der Waals surface area contributed by atoms with Crippen LogP contribution < -0.4 is 10.6 Å². The van der Waals surface area contributed by atoms with E-state index < -0.39 is 0 Å². The second-order valence-corrected chi connectivity index (χ2v) is 6.07. The topological polar surface area (TPSA) is 54.0 Å². The van der Waals surface area contributed by atoms with Gasteiger partial charge in [0.25, 0.3) is 0 Å². The second-order valence-electron chi connectivity index (χ2n) is 4.99. The van der Waals surface area contributed by atoms with Gasteiger partial charge in [-0.25, -0.2) is 9.78 Å². The van der Waals surface area contributed by atoms with Crippen molar-refractivity contribution in [1.29, 1.82) is 0 Å². The van der Waals surface area contributed by atoms with Gasteiger partial charge in [0.05, 0.1) is 5.69 Å². The molecule has 0 spiro atoms. The van der Waals surface area contributed by atoms with Gasteiger partial charge in [-0.15, -0.1) is 11.3 Å². The number of benzene rings is 1. The molecule has 2 amide bonds. The lowest BCUT2D eigenvalue weighted by Gasteiger charge is -2.07. The van der Waals surface area contributed by atoms with Gasteiger partial charge in [-0.2, -0.15) is 0 Å². The number of nitrogens with one attached hydrogen (secondary N) is 2. The molecule has 2 aromatic rings. The highest BCUT2D eigenvalue weighted by molar-refractivity contribution is 7.15. The molecule has 5 heteroatoms. The Balaban J connectivity index is 1.67. The summed E-state index contributed by atoms with van der Waals surface area (Å²) in [6, 6.07) is 7.49. The number of fused-ring (bicyclic) bond motifs is 1. The summed E-state index contributed by atoms with van der Waals surface area (Å²) in [6.07, 6.45) is 4.55. The third-order valence-corrected chi connectivity index (χ3v) is 4.53. The number of thiazole rings is 1. The molecule has 3 rings (SSSR count). The van der Waals surface area contributed by atoms with Crippen molar-refractivity contribution in [3.63, 3.8) is 0 Å². The predicted molar refractivity (Wildman–Crippen MR) is 82.6 cm³/mol. The zero-order valence-corrected chi connectivity index (χ0v) is 12.2. The molecule has 0 radical (unpaired) electrons. The maximum Gasteiger partial charge on any atom is 0.325 e. The van der Waals surface area contributed by atoms with E-state index in [2.05, 4.69) is 15.6 Å². The molecule has 0 saturated carbocycles. The lowest BCUT2D eigenvalue weighted by atomic mass is 10.0. The minimum Gasteiger partial charge on any atom is -0.307 e. The Morgan fingerprint density at radius 2 is 2.00 bits per heavy atom. The number of carbonyl (C=O) groups excluding carboxylic acids is 1. The van der Waals surface area contributed by atoms with Crippen molar-refractivity contribution in [3.8, 4) is 0 Å². The number of rotatable bonds is 2. The molecule has 1 aliphatic carbocycles. The molecule has 1 aliphatic rings. The quantitative estimate of drug-likeness (QED) is 0.878. The molecule has 1 aromatic heterocycles. The van der Waals surface area contributed by atoms with Crippen LogP contribution in [0.5, 0.6) is 0 Å². The van der Waals surface area contributed by atoms with Crippen LogP contribution in [0.1, 0.15) is 29.0 Å². The molecule has 0 aliphatic heterocycles. The highest BCUT2D eigenvalue weighted by Crippen LogP contribution is 2.29. The Hall–Kier alpha value is -1.88. The third kappa shape index (κ3) is 2.82. The van der Waals surface area contributed by atoms with Gasteiger partial charge in [0, 0.05) is 10.6 Å². The summed E-state index contributed by atoms with van der Waals surface area (Å²) in [5, 5.41) is 6.39. The van der Waals surface area contributed by atoms with Gasteiger partial charge < -0.3 is 5.32 Å². The van der Waals surface area contributed by atoms with Crippen molar-refractivity contribution in [3.05, 3.63) is 40.4 Å². The zero-order valence-electron chi connectivity index (χ0n) is 11.4. The Labute approximate surface area is 122 Å². The molecule has 0 saturated heterocycles. The van der Waals surface area contributed by atoms with E-state index in [1.165, 1.54) is 17.7 Å². The fourth-order valence-electron chi connectivity index (χ4n) is 2.37. The molecule has 4 nitrogen and oxygen atoms in total. The maximum atomic E-state index is 12.0. The van der Waals surface area contributed by atoms with Crippen LogP contribution in [0.25, 0.3) is 0 Å². The lowest BCUT2D eigenvalue weighted by Crippen LogP contribution is -2.19. The maximum absolute atomic E-state index is 12.0. The average Bonchev–Trinajstić information content (AvgIpc) is 2.83. The highest BCUT2D eigenvalue weighted by atomic mass is 32.1. The van der Waals surface area contributed by atoms with E-state index in [0.29, 0.717) is 5.13 Å². The number of hydrogen-bond acceptors (Lipinski definition) is 3. The van der Waals surface area contributed by atoms with E-state index in [1.807, 2.05) is 31.2 Å². The number of carbonyl (C=O) groups is 1. The van der Waals surface area contributed by atoms with Crippen molar-refractivity contribution in [2.45, 2.75) is 32.6 Å². The van der Waals surface area contributed by atoms with E-state index >= 15 is 0 Å². The first-order valence-electron chi connectivity index (χ1n) is 6.84. The zero-order chi connectivity index (χ0) is 13.9. The van der Waals surface area contributed by atoms with E-state index in [4.69, 9.17) is 0 Å². The van der Waals surface area contributed by atoms with Gasteiger partial charge in [0.1, 0.15) is 0 Å². The van der Waals surface area contributed by atoms with Crippen molar-refractivity contribution in [2.24, 2.45) is 0 Å². The Bertz CT molecular complexity index is 612. The third-order valence-electron chi connectivity index (χ3n) is 3.46. The summed E-state index contributed by atoms with van der Waals surface area (Å²) in [4.78, 5) is 17.8. The SMILES string of the molecule is Cc1ccccc1NC(=O)Nc1nc2c(s1)CCCC2. The molecule has 0 unspecified atom stereocenters. The molecule has 2 N–H and O–H groups in total. The van der Waals surface area contributed by atoms with Crippen LogP contribution >= 0.6 is 11.3 Å². The first kappa shape index (κ1) is 13.1. The van der Waals surface area contributed by atoms with Crippen molar-refractivity contribution < 1.29 is 4.79 Å². The standard InChI is InChI=1S/C15H17N3OS/c1-10-6-2-3-7-11(10)16-14(19)18-15-17-12-8-4-5-9-13(12)20-15/h2-3,6-7H,4-5,8-9H2,1H3,(H2,16,17,18,19). The molecule has 104 valence electrons. The van der Waals surface area contributed by atoms with E-state index in [-0.39, 0.29) is 6.03 Å². The van der Waals surface area contributed by atoms with Gasteiger partial charge in [-0.1, -0.05) is 18.2 Å². The Kier molecular flexibility index (Phi) is 3.69. The number of aryl methyl sites for hydroxylation is 3. The number of amides is 2. The molecular weight excluding hydrogens is 270 g/mol. The van der Waals surface area contributed by atoms with Crippen molar-refractivity contribution in [2.75, 3.05) is 10.6 Å². The first-order valence-corrected chi connectivity index (χ1v) is 7.66. The molecule has 0 bridgehead atoms. The summed E-state index contributed by atoms with van der Waals surface area (Å²) in [5.74, 6) is 0. The minimum atomic E-state index is -0.231. The number of urea groups is 1. The largest absolute Gasteiger partial charge is 0.325 e. The van der Waals surface area contributed by atoms with Crippen molar-refractivity contribution >= 4 is 28.2 Å². The number of nitrogens with zero attached hydrogens (tertiary/aromatic N) is 1. The normalized spacial score (nSPS) is 13.7. The molecular formula is C15H17N3OS. The molecule has 1 heterocycles. The van der Waals surface area contributed by atoms with Crippen LogP contribution in [-0.2, 0) is 12.8 Å². The molecule has 0 atom stereocenters. The summed E-state index contributed by atoms with van der Waals surface area (Å²) in [5.41, 5.74) is 3.03. The van der Waals surface area contributed by atoms with E-state index in [9.17, 15) is 4.79 Å². The van der Waals surface area contributed by atoms with Crippen LogP contribution in [-0.4, -0.2) is 11.0 Å². The minimum absolute atomic E-state index is 0.231. The van der Waals surface area contributed by atoms with Crippen LogP contribution in [0.15, 0.2) is 24.3 Å². The monoisotopic (exact) mass is 287 g/mol. The summed E-state index contributed by atoms with van der Waals surface area (Å²) in [7, 11) is 0. The van der Waals surface area contributed by atoms with Crippen LogP contribution in [0.4, 0.5) is 15.6 Å². The first-order chi connectivity index (χ1) is 9.72. The molecule has 1 aromatic carbocycles. The number of aromatic nitrogens is 1.